The molecule has 0 unspecified atom stereocenters. The number of methoxy groups -OCH3 is 2. The van der Waals surface area contributed by atoms with Gasteiger partial charge in [0.1, 0.15) is 5.70 Å². The second-order valence-corrected chi connectivity index (χ2v) is 7.63. The van der Waals surface area contributed by atoms with Crippen molar-refractivity contribution in [2.75, 3.05) is 45.4 Å². The first-order valence-electron chi connectivity index (χ1n) is 10.2. The van der Waals surface area contributed by atoms with Crippen LogP contribution in [0.5, 0.6) is 11.5 Å². The minimum atomic E-state index is -0.342. The van der Waals surface area contributed by atoms with Gasteiger partial charge in [-0.3, -0.25) is 9.59 Å². The zero-order valence-electron chi connectivity index (χ0n) is 18.2. The number of ether oxygens (including phenoxy) is 3. The summed E-state index contributed by atoms with van der Waals surface area (Å²) in [5, 5.41) is 0. The van der Waals surface area contributed by atoms with Gasteiger partial charge >= 0.3 is 0 Å². The number of hydrogen-bond acceptors (Lipinski definition) is 6. The van der Waals surface area contributed by atoms with E-state index in [-0.39, 0.29) is 11.8 Å². The van der Waals surface area contributed by atoms with Crippen molar-refractivity contribution < 1.29 is 23.8 Å². The minimum Gasteiger partial charge on any atom is -0.493 e. The molecule has 7 heteroatoms. The van der Waals surface area contributed by atoms with E-state index in [0.717, 1.165) is 16.7 Å². The van der Waals surface area contributed by atoms with Crippen LogP contribution in [-0.2, 0) is 14.3 Å². The fourth-order valence-corrected chi connectivity index (χ4v) is 4.13. The molecule has 1 fully saturated rings. The van der Waals surface area contributed by atoms with Crippen molar-refractivity contribution in [2.24, 2.45) is 0 Å². The van der Waals surface area contributed by atoms with Crippen LogP contribution < -0.4 is 14.4 Å². The van der Waals surface area contributed by atoms with Crippen molar-refractivity contribution in [1.29, 1.82) is 0 Å². The van der Waals surface area contributed by atoms with Gasteiger partial charge in [0.2, 0.25) is 0 Å². The minimum absolute atomic E-state index is 0.339. The molecule has 2 amide bonds. The molecule has 0 saturated carbocycles. The predicted octanol–water partition coefficient (Wildman–Crippen LogP) is 2.94. The van der Waals surface area contributed by atoms with Gasteiger partial charge in [-0.15, -0.1) is 0 Å². The summed E-state index contributed by atoms with van der Waals surface area (Å²) in [4.78, 5) is 30.5. The number of nitrogens with zero attached hydrogens (tertiary/aromatic N) is 2. The quantitative estimate of drug-likeness (QED) is 0.691. The normalized spacial score (nSPS) is 16.9. The molecule has 162 valence electrons. The van der Waals surface area contributed by atoms with Gasteiger partial charge in [0.25, 0.3) is 11.8 Å². The van der Waals surface area contributed by atoms with Gasteiger partial charge in [-0.1, -0.05) is 23.8 Å². The van der Waals surface area contributed by atoms with E-state index in [9.17, 15) is 9.59 Å². The number of carbonyl (C=O) groups is 2. The molecule has 2 aliphatic rings. The number of amides is 2. The average Bonchev–Trinajstić information content (AvgIpc) is 3.03. The molecule has 2 aromatic rings. The molecule has 0 aromatic heterocycles. The number of imide groups is 1. The van der Waals surface area contributed by atoms with Crippen molar-refractivity contribution in [2.45, 2.75) is 13.8 Å². The summed E-state index contributed by atoms with van der Waals surface area (Å²) in [6.45, 7) is 6.11. The molecular weight excluding hydrogens is 396 g/mol. The fraction of sp³-hybridized carbons (Fsp3) is 0.333. The summed E-state index contributed by atoms with van der Waals surface area (Å²) in [6, 6.07) is 10.9. The second-order valence-electron chi connectivity index (χ2n) is 7.63. The number of anilines is 1. The van der Waals surface area contributed by atoms with Crippen molar-refractivity contribution >= 4 is 23.1 Å². The summed E-state index contributed by atoms with van der Waals surface area (Å²) in [7, 11) is 3.06. The largest absolute Gasteiger partial charge is 0.493 e. The van der Waals surface area contributed by atoms with E-state index in [1.807, 2.05) is 36.9 Å². The van der Waals surface area contributed by atoms with Crippen LogP contribution in [0, 0.1) is 13.8 Å². The Kier molecular flexibility index (Phi) is 5.69. The van der Waals surface area contributed by atoms with Gasteiger partial charge in [0.15, 0.2) is 11.5 Å². The highest BCUT2D eigenvalue weighted by Crippen LogP contribution is 2.39. The van der Waals surface area contributed by atoms with Gasteiger partial charge in [0.05, 0.1) is 38.7 Å². The SMILES string of the molecule is COc1ccc(N2C(=O)C(c3ccc(C)cc3C)=C(N3CCOCC3)C2=O)cc1OC. The topological polar surface area (TPSA) is 68.3 Å². The third kappa shape index (κ3) is 3.65. The van der Waals surface area contributed by atoms with Crippen LogP contribution in [0.2, 0.25) is 0 Å². The number of morpholine rings is 1. The Labute approximate surface area is 181 Å². The Morgan fingerprint density at radius 3 is 2.23 bits per heavy atom. The highest BCUT2D eigenvalue weighted by molar-refractivity contribution is 6.45. The third-order valence-electron chi connectivity index (χ3n) is 5.66. The Bertz CT molecular complexity index is 1070. The van der Waals surface area contributed by atoms with E-state index in [0.29, 0.717) is 54.8 Å². The lowest BCUT2D eigenvalue weighted by atomic mass is 9.97. The van der Waals surface area contributed by atoms with Crippen molar-refractivity contribution in [3.63, 3.8) is 0 Å². The summed E-state index contributed by atoms with van der Waals surface area (Å²) < 4.78 is 16.1. The average molecular weight is 422 g/mol. The molecule has 0 aliphatic carbocycles. The Hall–Kier alpha value is -3.32. The van der Waals surface area contributed by atoms with E-state index >= 15 is 0 Å². The highest BCUT2D eigenvalue weighted by atomic mass is 16.5. The molecule has 0 N–H and O–H groups in total. The predicted molar refractivity (Wildman–Crippen MR) is 117 cm³/mol. The monoisotopic (exact) mass is 422 g/mol. The summed E-state index contributed by atoms with van der Waals surface area (Å²) in [6.07, 6.45) is 0. The first kappa shape index (κ1) is 20.9. The molecule has 31 heavy (non-hydrogen) atoms. The number of rotatable bonds is 5. The first-order chi connectivity index (χ1) is 15.0. The molecule has 2 heterocycles. The lowest BCUT2D eigenvalue weighted by Gasteiger charge is -2.29. The van der Waals surface area contributed by atoms with E-state index in [1.54, 1.807) is 25.3 Å². The number of aryl methyl sites for hydroxylation is 2. The summed E-state index contributed by atoms with van der Waals surface area (Å²) in [5.41, 5.74) is 4.13. The summed E-state index contributed by atoms with van der Waals surface area (Å²) in [5.74, 6) is 0.301. The lowest BCUT2D eigenvalue weighted by Crippen LogP contribution is -2.40. The van der Waals surface area contributed by atoms with Crippen LogP contribution in [0.15, 0.2) is 42.1 Å². The molecule has 2 aromatic carbocycles. The van der Waals surface area contributed by atoms with E-state index < -0.39 is 0 Å². The number of hydrogen-bond donors (Lipinski definition) is 0. The van der Waals surface area contributed by atoms with E-state index in [1.165, 1.54) is 12.0 Å². The van der Waals surface area contributed by atoms with Crippen LogP contribution >= 0.6 is 0 Å². The lowest BCUT2D eigenvalue weighted by molar-refractivity contribution is -0.121. The molecule has 4 rings (SSSR count). The van der Waals surface area contributed by atoms with Crippen LogP contribution in [-0.4, -0.2) is 57.2 Å². The van der Waals surface area contributed by atoms with Crippen molar-refractivity contribution in [3.05, 3.63) is 58.8 Å². The Balaban J connectivity index is 1.84. The van der Waals surface area contributed by atoms with E-state index in [4.69, 9.17) is 14.2 Å². The molecule has 7 nitrogen and oxygen atoms in total. The van der Waals surface area contributed by atoms with Crippen LogP contribution in [0.1, 0.15) is 16.7 Å². The maximum atomic E-state index is 13.7. The fourth-order valence-electron chi connectivity index (χ4n) is 4.13. The molecule has 1 saturated heterocycles. The molecule has 0 atom stereocenters. The standard InChI is InChI=1S/C24H26N2O5/c1-15-5-7-18(16(2)13-15)21-22(25-9-11-31-12-10-25)24(28)26(23(21)27)17-6-8-19(29-3)20(14-17)30-4/h5-8,13-14H,9-12H2,1-4H3. The van der Waals surface area contributed by atoms with Gasteiger partial charge in [-0.2, -0.15) is 0 Å². The molecule has 0 spiro atoms. The Morgan fingerprint density at radius 1 is 0.871 bits per heavy atom. The Morgan fingerprint density at radius 2 is 1.58 bits per heavy atom. The van der Waals surface area contributed by atoms with E-state index in [2.05, 4.69) is 0 Å². The van der Waals surface area contributed by atoms with Gasteiger partial charge in [-0.25, -0.2) is 4.90 Å². The van der Waals surface area contributed by atoms with Crippen LogP contribution in [0.4, 0.5) is 5.69 Å². The first-order valence-corrected chi connectivity index (χ1v) is 10.2. The smallest absolute Gasteiger partial charge is 0.282 e. The third-order valence-corrected chi connectivity index (χ3v) is 5.66. The maximum Gasteiger partial charge on any atom is 0.282 e. The van der Waals surface area contributed by atoms with Crippen molar-refractivity contribution in [3.8, 4) is 11.5 Å². The highest BCUT2D eigenvalue weighted by Gasteiger charge is 2.43. The molecular formula is C24H26N2O5. The second kappa shape index (κ2) is 8.43. The molecule has 0 radical (unpaired) electrons. The number of benzene rings is 2. The van der Waals surface area contributed by atoms with Gasteiger partial charge in [0, 0.05) is 19.2 Å². The van der Waals surface area contributed by atoms with Gasteiger partial charge in [-0.05, 0) is 37.1 Å². The zero-order valence-corrected chi connectivity index (χ0v) is 18.2. The number of carbonyl (C=O) groups excluding carboxylic acids is 2. The van der Waals surface area contributed by atoms with Crippen LogP contribution in [0.3, 0.4) is 0 Å². The zero-order chi connectivity index (χ0) is 22.1. The van der Waals surface area contributed by atoms with Gasteiger partial charge < -0.3 is 19.1 Å². The molecule has 0 bridgehead atoms. The van der Waals surface area contributed by atoms with Crippen LogP contribution in [0.25, 0.3) is 5.57 Å². The van der Waals surface area contributed by atoms with Crippen molar-refractivity contribution in [1.82, 2.24) is 4.90 Å². The summed E-state index contributed by atoms with van der Waals surface area (Å²) >= 11 is 0. The molecule has 2 aliphatic heterocycles. The maximum absolute atomic E-state index is 13.7.